The molecule has 1 saturated heterocycles. The zero-order valence-corrected chi connectivity index (χ0v) is 13.8. The maximum atomic E-state index is 5.92. The molecule has 0 aromatic carbocycles. The monoisotopic (exact) mass is 313 g/mol. The van der Waals surface area contributed by atoms with E-state index in [4.69, 9.17) is 16.3 Å². The SMILES string of the molecule is CCCOc1nc(Cl)nc(NCC2(C)CCN(C)CC2)n1. The lowest BCUT2D eigenvalue weighted by molar-refractivity contribution is 0.150. The second-order valence-corrected chi connectivity index (χ2v) is 6.36. The van der Waals surface area contributed by atoms with Crippen LogP contribution >= 0.6 is 11.6 Å². The van der Waals surface area contributed by atoms with E-state index in [0.717, 1.165) is 38.9 Å². The van der Waals surface area contributed by atoms with E-state index in [0.29, 0.717) is 12.6 Å². The zero-order valence-electron chi connectivity index (χ0n) is 13.0. The molecule has 0 radical (unpaired) electrons. The molecule has 0 spiro atoms. The van der Waals surface area contributed by atoms with E-state index in [2.05, 4.69) is 39.1 Å². The average Bonchev–Trinajstić information content (AvgIpc) is 2.46. The fourth-order valence-electron chi connectivity index (χ4n) is 2.30. The molecule has 0 saturated carbocycles. The molecule has 7 heteroatoms. The largest absolute Gasteiger partial charge is 0.463 e. The molecule has 1 aromatic rings. The van der Waals surface area contributed by atoms with Gasteiger partial charge in [0.05, 0.1) is 6.61 Å². The van der Waals surface area contributed by atoms with Gasteiger partial charge in [-0.15, -0.1) is 0 Å². The summed E-state index contributed by atoms with van der Waals surface area (Å²) < 4.78 is 5.41. The second kappa shape index (κ2) is 7.22. The Morgan fingerprint density at radius 1 is 1.29 bits per heavy atom. The highest BCUT2D eigenvalue weighted by Crippen LogP contribution is 2.30. The van der Waals surface area contributed by atoms with Crippen molar-refractivity contribution in [3.63, 3.8) is 0 Å². The van der Waals surface area contributed by atoms with Gasteiger partial charge in [0.2, 0.25) is 11.2 Å². The van der Waals surface area contributed by atoms with Gasteiger partial charge in [-0.3, -0.25) is 0 Å². The van der Waals surface area contributed by atoms with Crippen molar-refractivity contribution in [3.8, 4) is 6.01 Å². The number of ether oxygens (including phenoxy) is 1. The molecule has 1 fully saturated rings. The van der Waals surface area contributed by atoms with Crippen LogP contribution in [0.15, 0.2) is 0 Å². The highest BCUT2D eigenvalue weighted by Gasteiger charge is 2.28. The van der Waals surface area contributed by atoms with Crippen molar-refractivity contribution < 1.29 is 4.74 Å². The van der Waals surface area contributed by atoms with Crippen LogP contribution in [-0.2, 0) is 0 Å². The first kappa shape index (κ1) is 16.2. The summed E-state index contributed by atoms with van der Waals surface area (Å²) in [6.07, 6.45) is 3.22. The van der Waals surface area contributed by atoms with Crippen LogP contribution in [0.1, 0.15) is 33.1 Å². The van der Waals surface area contributed by atoms with Gasteiger partial charge in [-0.1, -0.05) is 13.8 Å². The summed E-state index contributed by atoms with van der Waals surface area (Å²) in [5, 5.41) is 3.44. The molecule has 2 heterocycles. The zero-order chi connectivity index (χ0) is 15.3. The summed E-state index contributed by atoms with van der Waals surface area (Å²) in [4.78, 5) is 14.7. The van der Waals surface area contributed by atoms with Gasteiger partial charge in [0, 0.05) is 6.54 Å². The van der Waals surface area contributed by atoms with E-state index < -0.39 is 0 Å². The summed E-state index contributed by atoms with van der Waals surface area (Å²) in [6.45, 7) is 7.98. The van der Waals surface area contributed by atoms with Crippen LogP contribution in [0, 0.1) is 5.41 Å². The number of hydrogen-bond donors (Lipinski definition) is 1. The van der Waals surface area contributed by atoms with E-state index in [-0.39, 0.29) is 16.7 Å². The molecule has 0 amide bonds. The van der Waals surface area contributed by atoms with E-state index >= 15 is 0 Å². The summed E-state index contributed by atoms with van der Waals surface area (Å²) in [5.41, 5.74) is 0.260. The van der Waals surface area contributed by atoms with Gasteiger partial charge in [-0.2, -0.15) is 15.0 Å². The van der Waals surface area contributed by atoms with Gasteiger partial charge in [0.15, 0.2) is 0 Å². The minimum Gasteiger partial charge on any atom is -0.463 e. The maximum Gasteiger partial charge on any atom is 0.322 e. The Morgan fingerprint density at radius 3 is 2.67 bits per heavy atom. The molecule has 0 unspecified atom stereocenters. The minimum absolute atomic E-state index is 0.159. The molecule has 1 N–H and O–H groups in total. The molecule has 1 aliphatic rings. The van der Waals surface area contributed by atoms with Crippen LogP contribution in [-0.4, -0.2) is 53.1 Å². The maximum absolute atomic E-state index is 5.92. The van der Waals surface area contributed by atoms with Gasteiger partial charge < -0.3 is 15.0 Å². The van der Waals surface area contributed by atoms with Crippen molar-refractivity contribution in [1.82, 2.24) is 19.9 Å². The van der Waals surface area contributed by atoms with Gasteiger partial charge in [0.25, 0.3) is 0 Å². The van der Waals surface area contributed by atoms with Crippen LogP contribution in [0.4, 0.5) is 5.95 Å². The minimum atomic E-state index is 0.159. The molecule has 118 valence electrons. The topological polar surface area (TPSA) is 63.2 Å². The fourth-order valence-corrected chi connectivity index (χ4v) is 2.45. The Morgan fingerprint density at radius 2 is 2.00 bits per heavy atom. The first-order valence-electron chi connectivity index (χ1n) is 7.47. The Kier molecular flexibility index (Phi) is 5.58. The van der Waals surface area contributed by atoms with E-state index in [1.54, 1.807) is 0 Å². The Bertz CT molecular complexity index is 463. The Labute approximate surface area is 131 Å². The summed E-state index contributed by atoms with van der Waals surface area (Å²) in [5.74, 6) is 0.487. The molecule has 0 atom stereocenters. The average molecular weight is 314 g/mol. The molecular weight excluding hydrogens is 290 g/mol. The fraction of sp³-hybridized carbons (Fsp3) is 0.786. The highest BCUT2D eigenvalue weighted by molar-refractivity contribution is 6.28. The molecular formula is C14H24ClN5O. The van der Waals surface area contributed by atoms with Crippen LogP contribution in [0.25, 0.3) is 0 Å². The standard InChI is InChI=1S/C14H24ClN5O/c1-4-9-21-13-18-11(15)17-12(19-13)16-10-14(2)5-7-20(3)8-6-14/h4-10H2,1-3H3,(H,16,17,18,19). The molecule has 1 aromatic heterocycles. The van der Waals surface area contributed by atoms with Crippen molar-refractivity contribution in [2.45, 2.75) is 33.1 Å². The second-order valence-electron chi connectivity index (χ2n) is 6.03. The molecule has 6 nitrogen and oxygen atoms in total. The van der Waals surface area contributed by atoms with Gasteiger partial charge >= 0.3 is 6.01 Å². The summed E-state index contributed by atoms with van der Waals surface area (Å²) in [7, 11) is 2.16. The van der Waals surface area contributed by atoms with Crippen molar-refractivity contribution in [1.29, 1.82) is 0 Å². The first-order valence-corrected chi connectivity index (χ1v) is 7.85. The van der Waals surface area contributed by atoms with Crippen LogP contribution in [0.3, 0.4) is 0 Å². The predicted molar refractivity (Wildman–Crippen MR) is 84.0 cm³/mol. The van der Waals surface area contributed by atoms with E-state index in [9.17, 15) is 0 Å². The lowest BCUT2D eigenvalue weighted by Crippen LogP contribution is -2.40. The molecule has 2 rings (SSSR count). The third-order valence-electron chi connectivity index (χ3n) is 3.89. The van der Waals surface area contributed by atoms with Crippen molar-refractivity contribution >= 4 is 17.5 Å². The van der Waals surface area contributed by atoms with Gasteiger partial charge in [-0.25, -0.2) is 0 Å². The number of halogens is 1. The number of piperidine rings is 1. The van der Waals surface area contributed by atoms with Crippen molar-refractivity contribution in [2.75, 3.05) is 38.6 Å². The Hall–Kier alpha value is -1.14. The lowest BCUT2D eigenvalue weighted by atomic mass is 9.80. The van der Waals surface area contributed by atoms with E-state index in [1.807, 2.05) is 6.92 Å². The van der Waals surface area contributed by atoms with Gasteiger partial charge in [0.1, 0.15) is 0 Å². The van der Waals surface area contributed by atoms with Crippen LogP contribution < -0.4 is 10.1 Å². The van der Waals surface area contributed by atoms with Crippen LogP contribution in [0.5, 0.6) is 6.01 Å². The van der Waals surface area contributed by atoms with E-state index in [1.165, 1.54) is 0 Å². The number of hydrogen-bond acceptors (Lipinski definition) is 6. The molecule has 0 aliphatic carbocycles. The normalized spacial score (nSPS) is 18.5. The van der Waals surface area contributed by atoms with Crippen molar-refractivity contribution in [2.24, 2.45) is 5.41 Å². The number of likely N-dealkylation sites (tertiary alicyclic amines) is 1. The smallest absolute Gasteiger partial charge is 0.322 e. The number of nitrogens with zero attached hydrogens (tertiary/aromatic N) is 4. The third kappa shape index (κ3) is 4.97. The number of rotatable bonds is 6. The first-order chi connectivity index (χ1) is 10.0. The molecule has 21 heavy (non-hydrogen) atoms. The predicted octanol–water partition coefficient (Wildman–Crippen LogP) is 2.46. The molecule has 1 aliphatic heterocycles. The number of nitrogens with one attached hydrogen (secondary N) is 1. The van der Waals surface area contributed by atoms with Crippen molar-refractivity contribution in [3.05, 3.63) is 5.28 Å². The van der Waals surface area contributed by atoms with Gasteiger partial charge in [-0.05, 0) is 56.4 Å². The summed E-state index contributed by atoms with van der Waals surface area (Å²) in [6, 6.07) is 0.285. The van der Waals surface area contributed by atoms with Crippen LogP contribution in [0.2, 0.25) is 5.28 Å². The quantitative estimate of drug-likeness (QED) is 0.870. The summed E-state index contributed by atoms with van der Waals surface area (Å²) >= 11 is 5.92. The lowest BCUT2D eigenvalue weighted by Gasteiger charge is -2.37. The Balaban J connectivity index is 1.94. The highest BCUT2D eigenvalue weighted by atomic mass is 35.5. The molecule has 0 bridgehead atoms. The number of aromatic nitrogens is 3. The third-order valence-corrected chi connectivity index (χ3v) is 4.06. The number of anilines is 1.